The van der Waals surface area contributed by atoms with Gasteiger partial charge in [-0.25, -0.2) is 4.98 Å². The van der Waals surface area contributed by atoms with Crippen LogP contribution in [0.15, 0.2) is 36.4 Å². The van der Waals surface area contributed by atoms with Gasteiger partial charge in [-0.1, -0.05) is 24.3 Å². The number of hydrogen-bond acceptors (Lipinski definition) is 6. The first-order valence-electron chi connectivity index (χ1n) is 11.5. The Kier molecular flexibility index (Phi) is 7.24. The van der Waals surface area contributed by atoms with Crippen molar-refractivity contribution in [3.63, 3.8) is 0 Å². The van der Waals surface area contributed by atoms with Crippen molar-refractivity contribution in [2.75, 3.05) is 27.3 Å². The summed E-state index contributed by atoms with van der Waals surface area (Å²) in [6, 6.07) is 11.6. The van der Waals surface area contributed by atoms with Gasteiger partial charge in [0.25, 0.3) is 5.91 Å². The maximum absolute atomic E-state index is 13.8. The molecule has 0 spiro atoms. The molecule has 0 saturated heterocycles. The highest BCUT2D eigenvalue weighted by molar-refractivity contribution is 7.15. The molecular weight excluding hydrogens is 448 g/mol. The SMILES string of the molecule is COc1ccc(C(O)CN(CC2CC2)C(=O)c2nc(C)sc2-c2ccc(C)c(C)c2)cc1OC. The van der Waals surface area contributed by atoms with E-state index in [0.717, 1.165) is 28.3 Å². The first-order chi connectivity index (χ1) is 16.3. The number of rotatable bonds is 9. The highest BCUT2D eigenvalue weighted by atomic mass is 32.1. The Morgan fingerprint density at radius 3 is 2.47 bits per heavy atom. The molecule has 1 aliphatic rings. The second kappa shape index (κ2) is 10.2. The zero-order valence-corrected chi connectivity index (χ0v) is 21.2. The molecule has 0 bridgehead atoms. The van der Waals surface area contributed by atoms with Crippen molar-refractivity contribution in [3.8, 4) is 21.9 Å². The number of carbonyl (C=O) groups excluding carboxylic acids is 1. The zero-order valence-electron chi connectivity index (χ0n) is 20.4. The summed E-state index contributed by atoms with van der Waals surface area (Å²) < 4.78 is 10.7. The number of nitrogens with zero attached hydrogens (tertiary/aromatic N) is 2. The molecule has 1 aliphatic carbocycles. The molecule has 180 valence electrons. The van der Waals surface area contributed by atoms with Crippen LogP contribution in [-0.4, -0.2) is 48.2 Å². The molecule has 1 amide bonds. The molecule has 2 aromatic carbocycles. The van der Waals surface area contributed by atoms with Crippen molar-refractivity contribution >= 4 is 17.2 Å². The molecular formula is C27H32N2O4S. The monoisotopic (exact) mass is 480 g/mol. The fourth-order valence-corrected chi connectivity index (χ4v) is 4.93. The molecule has 0 radical (unpaired) electrons. The number of amides is 1. The van der Waals surface area contributed by atoms with Gasteiger partial charge in [0.15, 0.2) is 11.5 Å². The van der Waals surface area contributed by atoms with Gasteiger partial charge in [-0.15, -0.1) is 11.3 Å². The molecule has 6 nitrogen and oxygen atoms in total. The summed E-state index contributed by atoms with van der Waals surface area (Å²) in [5.74, 6) is 1.49. The van der Waals surface area contributed by atoms with Crippen LogP contribution in [0.5, 0.6) is 11.5 Å². The van der Waals surface area contributed by atoms with E-state index in [1.54, 1.807) is 37.3 Å². The summed E-state index contributed by atoms with van der Waals surface area (Å²) in [4.78, 5) is 21.0. The van der Waals surface area contributed by atoms with Gasteiger partial charge in [0, 0.05) is 6.54 Å². The Balaban J connectivity index is 1.62. The number of aryl methyl sites for hydroxylation is 3. The number of aliphatic hydroxyl groups excluding tert-OH is 1. The normalized spacial score (nSPS) is 14.1. The molecule has 0 aliphatic heterocycles. The van der Waals surface area contributed by atoms with E-state index >= 15 is 0 Å². The Bertz CT molecular complexity index is 1190. The summed E-state index contributed by atoms with van der Waals surface area (Å²) in [5, 5.41) is 11.9. The number of aromatic nitrogens is 1. The van der Waals surface area contributed by atoms with Crippen molar-refractivity contribution in [1.29, 1.82) is 0 Å². The van der Waals surface area contributed by atoms with E-state index in [-0.39, 0.29) is 12.5 Å². The first-order valence-corrected chi connectivity index (χ1v) is 12.4. The van der Waals surface area contributed by atoms with Gasteiger partial charge in [0.1, 0.15) is 5.69 Å². The van der Waals surface area contributed by atoms with Crippen LogP contribution in [0.2, 0.25) is 0 Å². The summed E-state index contributed by atoms with van der Waals surface area (Å²) >= 11 is 1.54. The van der Waals surface area contributed by atoms with Crippen LogP contribution in [-0.2, 0) is 0 Å². The number of aliphatic hydroxyl groups is 1. The second-order valence-corrected chi connectivity index (χ2v) is 10.2. The van der Waals surface area contributed by atoms with Crippen molar-refractivity contribution in [3.05, 3.63) is 63.8 Å². The van der Waals surface area contributed by atoms with Crippen molar-refractivity contribution in [2.45, 2.75) is 39.7 Å². The maximum Gasteiger partial charge on any atom is 0.274 e. The fourth-order valence-electron chi connectivity index (χ4n) is 4.03. The lowest BCUT2D eigenvalue weighted by Gasteiger charge is -2.26. The van der Waals surface area contributed by atoms with E-state index in [0.29, 0.717) is 35.2 Å². The third kappa shape index (κ3) is 5.26. The Labute approximate surface area is 205 Å². The summed E-state index contributed by atoms with van der Waals surface area (Å²) in [6.07, 6.45) is 1.36. The Hall–Kier alpha value is -2.90. The molecule has 1 atom stereocenters. The van der Waals surface area contributed by atoms with Crippen LogP contribution in [0.1, 0.15) is 51.1 Å². The topological polar surface area (TPSA) is 71.9 Å². The summed E-state index contributed by atoms with van der Waals surface area (Å²) in [5.41, 5.74) is 4.54. The second-order valence-electron chi connectivity index (χ2n) is 8.99. The summed E-state index contributed by atoms with van der Waals surface area (Å²) in [7, 11) is 3.14. The van der Waals surface area contributed by atoms with Gasteiger partial charge in [-0.3, -0.25) is 4.79 Å². The fraction of sp³-hybridized carbons (Fsp3) is 0.407. The molecule has 1 saturated carbocycles. The van der Waals surface area contributed by atoms with E-state index < -0.39 is 6.10 Å². The molecule has 1 N–H and O–H groups in total. The van der Waals surface area contributed by atoms with Gasteiger partial charge in [-0.05, 0) is 73.9 Å². The molecule has 34 heavy (non-hydrogen) atoms. The van der Waals surface area contributed by atoms with Crippen LogP contribution in [0.4, 0.5) is 0 Å². The molecule has 4 rings (SSSR count). The van der Waals surface area contributed by atoms with E-state index in [2.05, 4.69) is 37.0 Å². The molecule has 7 heteroatoms. The van der Waals surface area contributed by atoms with E-state index in [4.69, 9.17) is 9.47 Å². The minimum absolute atomic E-state index is 0.135. The largest absolute Gasteiger partial charge is 0.493 e. The van der Waals surface area contributed by atoms with Gasteiger partial charge in [0.2, 0.25) is 0 Å². The standard InChI is InChI=1S/C27H32N2O4S/c1-16-6-9-21(12-17(16)2)26-25(28-18(3)34-26)27(31)29(14-19-7-8-19)15-22(30)20-10-11-23(32-4)24(13-20)33-5/h6,9-13,19,22,30H,7-8,14-15H2,1-5H3. The number of benzene rings is 2. The van der Waals surface area contributed by atoms with Crippen LogP contribution >= 0.6 is 11.3 Å². The predicted molar refractivity (Wildman–Crippen MR) is 135 cm³/mol. The van der Waals surface area contributed by atoms with Crippen LogP contribution < -0.4 is 9.47 Å². The average Bonchev–Trinajstić information content (AvgIpc) is 3.57. The van der Waals surface area contributed by atoms with E-state index in [1.807, 2.05) is 6.92 Å². The highest BCUT2D eigenvalue weighted by Gasteiger charge is 2.31. The van der Waals surface area contributed by atoms with Crippen molar-refractivity contribution in [2.24, 2.45) is 5.92 Å². The average molecular weight is 481 g/mol. The molecule has 1 fully saturated rings. The minimum atomic E-state index is -0.854. The minimum Gasteiger partial charge on any atom is -0.493 e. The van der Waals surface area contributed by atoms with Gasteiger partial charge < -0.3 is 19.5 Å². The number of carbonyl (C=O) groups is 1. The number of ether oxygens (including phenoxy) is 2. The number of hydrogen-bond donors (Lipinski definition) is 1. The number of thiazole rings is 1. The van der Waals surface area contributed by atoms with Gasteiger partial charge in [0.05, 0.1) is 36.8 Å². The Morgan fingerprint density at radius 2 is 1.82 bits per heavy atom. The van der Waals surface area contributed by atoms with Crippen LogP contribution in [0.25, 0.3) is 10.4 Å². The van der Waals surface area contributed by atoms with Gasteiger partial charge >= 0.3 is 0 Å². The lowest BCUT2D eigenvalue weighted by Crippen LogP contribution is -2.37. The third-order valence-corrected chi connectivity index (χ3v) is 7.37. The third-order valence-electron chi connectivity index (χ3n) is 6.35. The maximum atomic E-state index is 13.8. The predicted octanol–water partition coefficient (Wildman–Crippen LogP) is 5.34. The molecule has 3 aromatic rings. The quantitative estimate of drug-likeness (QED) is 0.448. The smallest absolute Gasteiger partial charge is 0.274 e. The highest BCUT2D eigenvalue weighted by Crippen LogP contribution is 2.36. The van der Waals surface area contributed by atoms with Crippen LogP contribution in [0, 0.1) is 26.7 Å². The van der Waals surface area contributed by atoms with E-state index in [9.17, 15) is 9.90 Å². The lowest BCUT2D eigenvalue weighted by molar-refractivity contribution is 0.0606. The first kappa shape index (κ1) is 24.2. The van der Waals surface area contributed by atoms with Crippen molar-refractivity contribution in [1.82, 2.24) is 9.88 Å². The summed E-state index contributed by atoms with van der Waals surface area (Å²) in [6.45, 7) is 6.89. The van der Waals surface area contributed by atoms with Gasteiger partial charge in [-0.2, -0.15) is 0 Å². The van der Waals surface area contributed by atoms with E-state index in [1.165, 1.54) is 22.5 Å². The molecule has 1 heterocycles. The molecule has 1 unspecified atom stereocenters. The Morgan fingerprint density at radius 1 is 1.09 bits per heavy atom. The molecule has 1 aromatic heterocycles. The lowest BCUT2D eigenvalue weighted by atomic mass is 10.0. The zero-order chi connectivity index (χ0) is 24.4. The van der Waals surface area contributed by atoms with Crippen LogP contribution in [0.3, 0.4) is 0 Å². The van der Waals surface area contributed by atoms with Crippen molar-refractivity contribution < 1.29 is 19.4 Å². The number of methoxy groups -OCH3 is 2.